The zero-order chi connectivity index (χ0) is 8.81. The Balaban J connectivity index is 2.41. The molecule has 0 aliphatic carbocycles. The standard InChI is InChI=1S/C9H12NO2/c1-8-5-9(7-10-6-8)12-4-3-11-2/h5,7H,3-4H2,1-2H3. The summed E-state index contributed by atoms with van der Waals surface area (Å²) >= 11 is 0. The largest absolute Gasteiger partial charge is 0.490 e. The van der Waals surface area contributed by atoms with Crippen LogP contribution in [0.1, 0.15) is 5.56 Å². The maximum absolute atomic E-state index is 5.32. The molecule has 0 atom stereocenters. The van der Waals surface area contributed by atoms with Crippen molar-refractivity contribution in [1.29, 1.82) is 0 Å². The zero-order valence-electron chi connectivity index (χ0n) is 7.33. The van der Waals surface area contributed by atoms with Gasteiger partial charge in [-0.1, -0.05) is 0 Å². The van der Waals surface area contributed by atoms with Crippen LogP contribution in [0.4, 0.5) is 0 Å². The Morgan fingerprint density at radius 1 is 1.50 bits per heavy atom. The number of aromatic nitrogens is 1. The highest BCUT2D eigenvalue weighted by Crippen LogP contribution is 2.08. The smallest absolute Gasteiger partial charge is 0.138 e. The first-order valence-electron chi connectivity index (χ1n) is 3.79. The molecule has 12 heavy (non-hydrogen) atoms. The summed E-state index contributed by atoms with van der Waals surface area (Å²) in [7, 11) is 1.64. The van der Waals surface area contributed by atoms with E-state index in [2.05, 4.69) is 11.2 Å². The van der Waals surface area contributed by atoms with Crippen LogP contribution in [0.5, 0.6) is 5.75 Å². The monoisotopic (exact) mass is 166 g/mol. The SMILES string of the molecule is COCCOc1cn[c]c(C)c1. The van der Waals surface area contributed by atoms with Gasteiger partial charge in [0.15, 0.2) is 0 Å². The molecule has 0 unspecified atom stereocenters. The van der Waals surface area contributed by atoms with Crippen molar-refractivity contribution in [2.45, 2.75) is 6.92 Å². The van der Waals surface area contributed by atoms with Crippen molar-refractivity contribution in [2.75, 3.05) is 20.3 Å². The van der Waals surface area contributed by atoms with E-state index in [1.807, 2.05) is 13.0 Å². The minimum atomic E-state index is 0.557. The number of nitrogens with zero attached hydrogens (tertiary/aromatic N) is 1. The fraction of sp³-hybridized carbons (Fsp3) is 0.444. The maximum atomic E-state index is 5.32. The second-order valence-electron chi connectivity index (χ2n) is 2.44. The Kier molecular flexibility index (Phi) is 3.54. The highest BCUT2D eigenvalue weighted by atomic mass is 16.5. The van der Waals surface area contributed by atoms with Gasteiger partial charge in [-0.15, -0.1) is 0 Å². The molecule has 0 bridgehead atoms. The molecular weight excluding hydrogens is 154 g/mol. The van der Waals surface area contributed by atoms with Crippen molar-refractivity contribution in [1.82, 2.24) is 4.98 Å². The van der Waals surface area contributed by atoms with E-state index in [4.69, 9.17) is 9.47 Å². The Morgan fingerprint density at radius 2 is 2.33 bits per heavy atom. The normalized spacial score (nSPS) is 9.83. The number of ether oxygens (including phenoxy) is 2. The second-order valence-corrected chi connectivity index (χ2v) is 2.44. The highest BCUT2D eigenvalue weighted by Gasteiger charge is 1.93. The summed E-state index contributed by atoms with van der Waals surface area (Å²) in [5, 5.41) is 0. The van der Waals surface area contributed by atoms with E-state index in [1.54, 1.807) is 13.3 Å². The average Bonchev–Trinajstić information content (AvgIpc) is 2.05. The third-order valence-corrected chi connectivity index (χ3v) is 1.35. The predicted octanol–water partition coefficient (Wildman–Crippen LogP) is 1.22. The first-order chi connectivity index (χ1) is 5.83. The van der Waals surface area contributed by atoms with E-state index >= 15 is 0 Å². The Labute approximate surface area is 72.3 Å². The summed E-state index contributed by atoms with van der Waals surface area (Å²) in [6.45, 7) is 3.08. The van der Waals surface area contributed by atoms with Gasteiger partial charge in [-0.3, -0.25) is 4.98 Å². The van der Waals surface area contributed by atoms with Gasteiger partial charge in [-0.05, 0) is 18.6 Å². The van der Waals surface area contributed by atoms with Gasteiger partial charge in [0.1, 0.15) is 12.4 Å². The van der Waals surface area contributed by atoms with E-state index in [0.717, 1.165) is 11.3 Å². The Bertz CT molecular complexity index is 238. The zero-order valence-corrected chi connectivity index (χ0v) is 7.33. The fourth-order valence-electron chi connectivity index (χ4n) is 0.802. The van der Waals surface area contributed by atoms with Gasteiger partial charge in [0.05, 0.1) is 19.0 Å². The van der Waals surface area contributed by atoms with E-state index in [9.17, 15) is 0 Å². The molecule has 3 heteroatoms. The summed E-state index contributed by atoms with van der Waals surface area (Å²) in [6.07, 6.45) is 4.44. The van der Waals surface area contributed by atoms with E-state index < -0.39 is 0 Å². The summed E-state index contributed by atoms with van der Waals surface area (Å²) in [4.78, 5) is 3.87. The van der Waals surface area contributed by atoms with Crippen LogP contribution in [-0.4, -0.2) is 25.3 Å². The third-order valence-electron chi connectivity index (χ3n) is 1.35. The summed E-state index contributed by atoms with van der Waals surface area (Å²) < 4.78 is 10.2. The van der Waals surface area contributed by atoms with E-state index in [-0.39, 0.29) is 0 Å². The van der Waals surface area contributed by atoms with Crippen LogP contribution < -0.4 is 4.74 Å². The van der Waals surface area contributed by atoms with Crippen LogP contribution in [-0.2, 0) is 4.74 Å². The molecule has 3 nitrogen and oxygen atoms in total. The minimum absolute atomic E-state index is 0.557. The lowest BCUT2D eigenvalue weighted by molar-refractivity contribution is 0.146. The Morgan fingerprint density at radius 3 is 3.00 bits per heavy atom. The number of aryl methyl sites for hydroxylation is 1. The predicted molar refractivity (Wildman–Crippen MR) is 45.2 cm³/mol. The molecule has 0 aliphatic rings. The molecule has 0 aromatic carbocycles. The molecule has 0 saturated heterocycles. The van der Waals surface area contributed by atoms with Gasteiger partial charge in [-0.2, -0.15) is 0 Å². The lowest BCUT2D eigenvalue weighted by Crippen LogP contribution is -2.04. The summed E-state index contributed by atoms with van der Waals surface area (Å²) in [5.41, 5.74) is 0.977. The minimum Gasteiger partial charge on any atom is -0.490 e. The molecule has 1 heterocycles. The number of pyridine rings is 1. The van der Waals surface area contributed by atoms with Gasteiger partial charge in [0.2, 0.25) is 0 Å². The Hall–Kier alpha value is -1.09. The highest BCUT2D eigenvalue weighted by molar-refractivity contribution is 5.21. The second kappa shape index (κ2) is 4.72. The van der Waals surface area contributed by atoms with Crippen molar-refractivity contribution in [3.63, 3.8) is 0 Å². The molecule has 1 radical (unpaired) electrons. The molecule has 1 rings (SSSR count). The van der Waals surface area contributed by atoms with Crippen molar-refractivity contribution < 1.29 is 9.47 Å². The molecule has 0 spiro atoms. The number of methoxy groups -OCH3 is 1. The first kappa shape index (κ1) is 9.00. The molecule has 1 aromatic rings. The molecule has 0 amide bonds. The lowest BCUT2D eigenvalue weighted by atomic mass is 10.3. The quantitative estimate of drug-likeness (QED) is 0.630. The first-order valence-corrected chi connectivity index (χ1v) is 3.79. The van der Waals surface area contributed by atoms with Gasteiger partial charge >= 0.3 is 0 Å². The average molecular weight is 166 g/mol. The maximum Gasteiger partial charge on any atom is 0.138 e. The van der Waals surface area contributed by atoms with Crippen LogP contribution in [0, 0.1) is 13.1 Å². The molecular formula is C9H12NO2. The van der Waals surface area contributed by atoms with Gasteiger partial charge in [0, 0.05) is 7.11 Å². The summed E-state index contributed by atoms with van der Waals surface area (Å²) in [5.74, 6) is 0.767. The van der Waals surface area contributed by atoms with Crippen molar-refractivity contribution in [3.05, 3.63) is 24.0 Å². The number of rotatable bonds is 4. The van der Waals surface area contributed by atoms with Crippen LogP contribution >= 0.6 is 0 Å². The van der Waals surface area contributed by atoms with Crippen molar-refractivity contribution in [3.8, 4) is 5.75 Å². The van der Waals surface area contributed by atoms with Crippen LogP contribution in [0.2, 0.25) is 0 Å². The summed E-state index contributed by atoms with van der Waals surface area (Å²) in [6, 6.07) is 1.89. The van der Waals surface area contributed by atoms with Crippen LogP contribution in [0.3, 0.4) is 0 Å². The van der Waals surface area contributed by atoms with Crippen molar-refractivity contribution >= 4 is 0 Å². The third kappa shape index (κ3) is 2.88. The molecule has 0 aliphatic heterocycles. The lowest BCUT2D eigenvalue weighted by Gasteiger charge is -2.04. The topological polar surface area (TPSA) is 31.4 Å². The van der Waals surface area contributed by atoms with Gasteiger partial charge < -0.3 is 9.47 Å². The van der Waals surface area contributed by atoms with Crippen LogP contribution in [0.15, 0.2) is 12.3 Å². The van der Waals surface area contributed by atoms with Gasteiger partial charge in [0.25, 0.3) is 0 Å². The van der Waals surface area contributed by atoms with Crippen LogP contribution in [0.25, 0.3) is 0 Å². The molecule has 1 aromatic heterocycles. The molecule has 0 N–H and O–H groups in total. The molecule has 65 valence electrons. The van der Waals surface area contributed by atoms with E-state index in [1.165, 1.54) is 0 Å². The number of hydrogen-bond acceptors (Lipinski definition) is 3. The fourth-order valence-corrected chi connectivity index (χ4v) is 0.802. The molecule has 0 saturated carbocycles. The number of hydrogen-bond donors (Lipinski definition) is 0. The van der Waals surface area contributed by atoms with E-state index in [0.29, 0.717) is 13.2 Å². The molecule has 0 fully saturated rings. The van der Waals surface area contributed by atoms with Crippen molar-refractivity contribution in [2.24, 2.45) is 0 Å². The van der Waals surface area contributed by atoms with Gasteiger partial charge in [-0.25, -0.2) is 0 Å².